The van der Waals surface area contributed by atoms with Crippen LogP contribution in [0.25, 0.3) is 44.1 Å². The summed E-state index contributed by atoms with van der Waals surface area (Å²) >= 11 is 0. The molecule has 224 valence electrons. The van der Waals surface area contributed by atoms with Gasteiger partial charge in [0.1, 0.15) is 11.4 Å². The van der Waals surface area contributed by atoms with Crippen molar-refractivity contribution in [3.8, 4) is 22.3 Å². The summed E-state index contributed by atoms with van der Waals surface area (Å²) in [6.45, 7) is 0. The van der Waals surface area contributed by atoms with E-state index in [9.17, 15) is 0 Å². The Morgan fingerprint density at radius 1 is 0.333 bits per heavy atom. The van der Waals surface area contributed by atoms with Crippen molar-refractivity contribution in [3.63, 3.8) is 0 Å². The molecule has 6 heteroatoms. The number of nitrogens with zero attached hydrogens (tertiary/aromatic N) is 6. The lowest BCUT2D eigenvalue weighted by molar-refractivity contribution is 1.27. The molecule has 1 aliphatic rings. The van der Waals surface area contributed by atoms with Gasteiger partial charge in [-0.3, -0.25) is 9.97 Å². The highest BCUT2D eigenvalue weighted by molar-refractivity contribution is 6.22. The van der Waals surface area contributed by atoms with E-state index in [0.717, 1.165) is 89.4 Å². The lowest BCUT2D eigenvalue weighted by Gasteiger charge is -2.18. The molecule has 8 aromatic rings. The number of para-hydroxylation sites is 2. The number of hydrogen-bond donors (Lipinski definition) is 0. The second-order valence-electron chi connectivity index (χ2n) is 11.6. The minimum Gasteiger partial charge on any atom is -0.265 e. The summed E-state index contributed by atoms with van der Waals surface area (Å²) in [6, 6.07) is 45.4. The van der Waals surface area contributed by atoms with Crippen molar-refractivity contribution in [1.29, 1.82) is 0 Å². The second kappa shape index (κ2) is 11.6. The number of aromatic nitrogens is 4. The first kappa shape index (κ1) is 27.6. The highest BCUT2D eigenvalue weighted by Crippen LogP contribution is 2.36. The number of rotatable bonds is 4. The largest absolute Gasteiger partial charge is 0.265 e. The van der Waals surface area contributed by atoms with Crippen LogP contribution in [0, 0.1) is 0 Å². The molecular weight excluding hydrogens is 589 g/mol. The number of aliphatic imine (C=N–C) groups is 2. The quantitative estimate of drug-likeness (QED) is 0.198. The van der Waals surface area contributed by atoms with E-state index < -0.39 is 0 Å². The Hall–Kier alpha value is -6.66. The molecular formula is C42H26N6. The fourth-order valence-corrected chi connectivity index (χ4v) is 6.21. The van der Waals surface area contributed by atoms with E-state index in [1.165, 1.54) is 0 Å². The zero-order chi connectivity index (χ0) is 31.9. The lowest BCUT2D eigenvalue weighted by Crippen LogP contribution is -2.13. The van der Waals surface area contributed by atoms with Crippen LogP contribution in [-0.2, 0) is 0 Å². The SMILES string of the molecule is c1ccc2nc3c(cc2c1)/N=C(/c1ccc(-c2ccncc2)cc1)c1nc2ccccc2cc1/N=C\3c1ccc(-c2ccncc2)cc1. The lowest BCUT2D eigenvalue weighted by atomic mass is 9.97. The minimum atomic E-state index is 0.718. The Morgan fingerprint density at radius 3 is 1.10 bits per heavy atom. The first-order valence-electron chi connectivity index (χ1n) is 15.8. The Labute approximate surface area is 276 Å². The normalized spacial score (nSPS) is 14.6. The Bertz CT molecular complexity index is 2340. The van der Waals surface area contributed by atoms with Gasteiger partial charge in [0.2, 0.25) is 0 Å². The summed E-state index contributed by atoms with van der Waals surface area (Å²) in [5.41, 5.74) is 12.4. The molecule has 0 aliphatic carbocycles. The molecule has 0 N–H and O–H groups in total. The molecule has 0 amide bonds. The average molecular weight is 615 g/mol. The molecule has 0 saturated carbocycles. The second-order valence-corrected chi connectivity index (χ2v) is 11.6. The predicted octanol–water partition coefficient (Wildman–Crippen LogP) is 9.56. The van der Waals surface area contributed by atoms with Gasteiger partial charge in [-0.2, -0.15) is 0 Å². The summed E-state index contributed by atoms with van der Waals surface area (Å²) < 4.78 is 0. The number of pyridine rings is 4. The van der Waals surface area contributed by atoms with E-state index in [-0.39, 0.29) is 0 Å². The van der Waals surface area contributed by atoms with Crippen molar-refractivity contribution >= 4 is 44.6 Å². The molecule has 0 fully saturated rings. The molecule has 0 unspecified atom stereocenters. The van der Waals surface area contributed by atoms with Crippen LogP contribution >= 0.6 is 0 Å². The van der Waals surface area contributed by atoms with Gasteiger partial charge in [0.15, 0.2) is 0 Å². The standard InChI is InChI=1S/C42H26N6/c1-3-7-35-33(5-1)25-37-41(45-35)39(31-13-9-27(10-14-31)29-17-21-43-22-18-29)48-38-26-34-6-2-4-8-36(34)46-42(38)40(47-37)32-15-11-28(12-16-32)30-19-23-44-24-20-30/h1-26H/b41-39?,42-40?,47-37?,47-40-,48-38?,48-39-. The Morgan fingerprint density at radius 2 is 0.688 bits per heavy atom. The molecule has 0 bridgehead atoms. The van der Waals surface area contributed by atoms with Gasteiger partial charge >= 0.3 is 0 Å². The van der Waals surface area contributed by atoms with E-state index in [1.54, 1.807) is 0 Å². The van der Waals surface area contributed by atoms with E-state index in [1.807, 2.05) is 85.5 Å². The molecule has 0 atom stereocenters. The van der Waals surface area contributed by atoms with E-state index in [2.05, 4.69) is 82.8 Å². The molecule has 0 saturated heterocycles. The maximum Gasteiger partial charge on any atom is 0.116 e. The molecule has 0 radical (unpaired) electrons. The molecule has 6 nitrogen and oxygen atoms in total. The third-order valence-corrected chi connectivity index (χ3v) is 8.66. The number of hydrogen-bond acceptors (Lipinski definition) is 6. The monoisotopic (exact) mass is 614 g/mol. The zero-order valence-corrected chi connectivity index (χ0v) is 25.7. The maximum absolute atomic E-state index is 5.40. The third-order valence-electron chi connectivity index (χ3n) is 8.66. The molecule has 1 aliphatic heterocycles. The van der Waals surface area contributed by atoms with E-state index in [0.29, 0.717) is 0 Å². The third kappa shape index (κ3) is 5.02. The van der Waals surface area contributed by atoms with Gasteiger partial charge in [0, 0.05) is 46.7 Å². The smallest absolute Gasteiger partial charge is 0.116 e. The van der Waals surface area contributed by atoms with Gasteiger partial charge < -0.3 is 0 Å². The number of benzene rings is 4. The van der Waals surface area contributed by atoms with Crippen molar-refractivity contribution in [2.45, 2.75) is 0 Å². The minimum absolute atomic E-state index is 0.718. The molecule has 0 spiro atoms. The van der Waals surface area contributed by atoms with Crippen LogP contribution < -0.4 is 0 Å². The van der Waals surface area contributed by atoms with Crippen molar-refractivity contribution in [2.75, 3.05) is 0 Å². The molecule has 9 rings (SSSR count). The Balaban J connectivity index is 1.29. The van der Waals surface area contributed by atoms with Crippen LogP contribution in [0.3, 0.4) is 0 Å². The van der Waals surface area contributed by atoms with E-state index in [4.69, 9.17) is 20.0 Å². The molecule has 4 aromatic heterocycles. The van der Waals surface area contributed by atoms with Crippen LogP contribution in [0.1, 0.15) is 22.5 Å². The van der Waals surface area contributed by atoms with Crippen molar-refractivity contribution in [3.05, 3.63) is 181 Å². The molecule has 4 aromatic carbocycles. The fourth-order valence-electron chi connectivity index (χ4n) is 6.21. The van der Waals surface area contributed by atoms with Crippen LogP contribution in [-0.4, -0.2) is 31.4 Å². The van der Waals surface area contributed by atoms with Crippen LogP contribution in [0.2, 0.25) is 0 Å². The first-order valence-corrected chi connectivity index (χ1v) is 15.8. The fraction of sp³-hybridized carbons (Fsp3) is 0. The summed E-state index contributed by atoms with van der Waals surface area (Å²) in [5, 5.41) is 2.01. The summed E-state index contributed by atoms with van der Waals surface area (Å²) in [7, 11) is 0. The summed E-state index contributed by atoms with van der Waals surface area (Å²) in [6.07, 6.45) is 7.24. The predicted molar refractivity (Wildman–Crippen MR) is 193 cm³/mol. The number of fused-ring (bicyclic) bond motifs is 4. The first-order chi connectivity index (χ1) is 23.8. The van der Waals surface area contributed by atoms with Crippen molar-refractivity contribution in [2.24, 2.45) is 9.98 Å². The van der Waals surface area contributed by atoms with Crippen molar-refractivity contribution in [1.82, 2.24) is 19.9 Å². The highest BCUT2D eigenvalue weighted by Gasteiger charge is 2.24. The van der Waals surface area contributed by atoms with Gasteiger partial charge in [-0.1, -0.05) is 84.9 Å². The van der Waals surface area contributed by atoms with Crippen molar-refractivity contribution < 1.29 is 0 Å². The Kier molecular flexibility index (Phi) is 6.68. The highest BCUT2D eigenvalue weighted by atomic mass is 14.9. The van der Waals surface area contributed by atoms with Crippen LogP contribution in [0.15, 0.2) is 168 Å². The molecule has 48 heavy (non-hydrogen) atoms. The topological polar surface area (TPSA) is 76.3 Å². The van der Waals surface area contributed by atoms with E-state index >= 15 is 0 Å². The van der Waals surface area contributed by atoms with Gasteiger partial charge in [-0.15, -0.1) is 0 Å². The summed E-state index contributed by atoms with van der Waals surface area (Å²) in [5.74, 6) is 0. The maximum atomic E-state index is 5.40. The zero-order valence-electron chi connectivity index (χ0n) is 25.7. The van der Waals surface area contributed by atoms with Gasteiger partial charge in [0.25, 0.3) is 0 Å². The van der Waals surface area contributed by atoms with Gasteiger partial charge in [0.05, 0.1) is 33.8 Å². The average Bonchev–Trinajstić information content (AvgIpc) is 3.16. The van der Waals surface area contributed by atoms with Gasteiger partial charge in [-0.25, -0.2) is 20.0 Å². The van der Waals surface area contributed by atoms with Gasteiger partial charge in [-0.05, 0) is 70.8 Å². The van der Waals surface area contributed by atoms with Crippen LogP contribution in [0.5, 0.6) is 0 Å². The summed E-state index contributed by atoms with van der Waals surface area (Å²) in [4.78, 5) is 29.6. The van der Waals surface area contributed by atoms with Crippen LogP contribution in [0.4, 0.5) is 11.4 Å². The molecule has 5 heterocycles.